The first-order valence-corrected chi connectivity index (χ1v) is 6.84. The third-order valence-electron chi connectivity index (χ3n) is 5.22. The number of nitrogens with one attached hydrogen (secondary N) is 1. The van der Waals surface area contributed by atoms with Crippen LogP contribution in [0.2, 0.25) is 0 Å². The normalized spacial score (nSPS) is 39.2. The fourth-order valence-electron chi connectivity index (χ4n) is 4.48. The van der Waals surface area contributed by atoms with Crippen molar-refractivity contribution in [3.8, 4) is 6.07 Å². The smallest absolute Gasteiger partial charge is 0.101 e. The zero-order valence-corrected chi connectivity index (χ0v) is 10.3. The van der Waals surface area contributed by atoms with E-state index in [9.17, 15) is 0 Å². The molecule has 0 amide bonds. The van der Waals surface area contributed by atoms with Gasteiger partial charge in [-0.25, -0.2) is 0 Å². The molecule has 0 saturated heterocycles. The molecule has 3 fully saturated rings. The van der Waals surface area contributed by atoms with Crippen LogP contribution in [0.15, 0.2) is 18.2 Å². The van der Waals surface area contributed by atoms with Crippen LogP contribution >= 0.6 is 0 Å². The van der Waals surface area contributed by atoms with Crippen molar-refractivity contribution < 1.29 is 0 Å². The number of nitrogens with two attached hydrogens (primary N) is 1. The van der Waals surface area contributed by atoms with Gasteiger partial charge in [-0.3, -0.25) is 0 Å². The van der Waals surface area contributed by atoms with E-state index in [1.807, 2.05) is 12.1 Å². The molecule has 3 N–H and O–H groups in total. The highest BCUT2D eigenvalue weighted by Crippen LogP contribution is 2.66. The second-order valence-corrected chi connectivity index (χ2v) is 6.07. The minimum Gasteiger partial charge on any atom is -0.399 e. The van der Waals surface area contributed by atoms with Gasteiger partial charge in [-0.05, 0) is 61.1 Å². The zero-order valence-electron chi connectivity index (χ0n) is 10.3. The third-order valence-corrected chi connectivity index (χ3v) is 5.22. The van der Waals surface area contributed by atoms with E-state index < -0.39 is 0 Å². The Kier molecular flexibility index (Phi) is 1.94. The molecule has 3 heteroatoms. The van der Waals surface area contributed by atoms with E-state index in [0.717, 1.165) is 29.4 Å². The lowest BCUT2D eigenvalue weighted by molar-refractivity contribution is 0.456. The maximum Gasteiger partial charge on any atom is 0.101 e. The predicted octanol–water partition coefficient (Wildman–Crippen LogP) is 2.60. The van der Waals surface area contributed by atoms with Crippen LogP contribution < -0.4 is 11.1 Å². The highest BCUT2D eigenvalue weighted by atomic mass is 15.0. The predicted molar refractivity (Wildman–Crippen MR) is 70.8 cm³/mol. The molecule has 1 aromatic rings. The lowest BCUT2D eigenvalue weighted by atomic mass is 10.0. The van der Waals surface area contributed by atoms with Gasteiger partial charge >= 0.3 is 0 Å². The maximum atomic E-state index is 9.15. The van der Waals surface area contributed by atoms with Crippen molar-refractivity contribution in [1.82, 2.24) is 0 Å². The average Bonchev–Trinajstić information content (AvgIpc) is 2.78. The van der Waals surface area contributed by atoms with E-state index in [-0.39, 0.29) is 0 Å². The first-order chi connectivity index (χ1) is 8.78. The van der Waals surface area contributed by atoms with Gasteiger partial charge in [0.2, 0.25) is 0 Å². The number of nitrogens with zero attached hydrogens (tertiary/aromatic N) is 1. The van der Waals surface area contributed by atoms with Crippen molar-refractivity contribution in [1.29, 1.82) is 5.26 Å². The largest absolute Gasteiger partial charge is 0.399 e. The first-order valence-electron chi connectivity index (χ1n) is 6.84. The second kappa shape index (κ2) is 3.41. The topological polar surface area (TPSA) is 61.8 Å². The van der Waals surface area contributed by atoms with E-state index in [1.165, 1.54) is 19.3 Å². The fraction of sp³-hybridized carbons (Fsp3) is 0.533. The molecular weight excluding hydrogens is 222 g/mol. The van der Waals surface area contributed by atoms with Gasteiger partial charge < -0.3 is 11.1 Å². The van der Waals surface area contributed by atoms with Crippen molar-refractivity contribution in [2.24, 2.45) is 23.7 Å². The Hall–Kier alpha value is -1.69. The Morgan fingerprint density at radius 2 is 1.94 bits per heavy atom. The lowest BCUT2D eigenvalue weighted by Gasteiger charge is -2.13. The van der Waals surface area contributed by atoms with Gasteiger partial charge in [0.05, 0.1) is 11.3 Å². The third kappa shape index (κ3) is 1.29. The summed E-state index contributed by atoms with van der Waals surface area (Å²) in [7, 11) is 0. The molecule has 0 aliphatic heterocycles. The zero-order chi connectivity index (χ0) is 12.3. The molecule has 92 valence electrons. The Balaban J connectivity index is 1.56. The summed E-state index contributed by atoms with van der Waals surface area (Å²) >= 11 is 0. The average molecular weight is 239 g/mol. The number of benzene rings is 1. The molecule has 0 spiro atoms. The monoisotopic (exact) mass is 239 g/mol. The molecule has 3 aliphatic rings. The van der Waals surface area contributed by atoms with Crippen LogP contribution in [0.3, 0.4) is 0 Å². The van der Waals surface area contributed by atoms with Crippen molar-refractivity contribution in [3.05, 3.63) is 23.8 Å². The quantitative estimate of drug-likeness (QED) is 0.780. The molecule has 1 aromatic carbocycles. The van der Waals surface area contributed by atoms with Crippen LogP contribution in [-0.4, -0.2) is 6.04 Å². The molecule has 18 heavy (non-hydrogen) atoms. The Labute approximate surface area is 107 Å². The lowest BCUT2D eigenvalue weighted by Crippen LogP contribution is -2.13. The number of anilines is 2. The van der Waals surface area contributed by atoms with Crippen molar-refractivity contribution >= 4 is 11.4 Å². The Morgan fingerprint density at radius 1 is 1.22 bits per heavy atom. The van der Waals surface area contributed by atoms with Crippen LogP contribution in [0.1, 0.15) is 24.8 Å². The van der Waals surface area contributed by atoms with E-state index in [0.29, 0.717) is 17.3 Å². The minimum atomic E-state index is 0.618. The summed E-state index contributed by atoms with van der Waals surface area (Å²) in [4.78, 5) is 0. The van der Waals surface area contributed by atoms with Crippen molar-refractivity contribution in [2.45, 2.75) is 25.3 Å². The van der Waals surface area contributed by atoms with Gasteiger partial charge in [0.1, 0.15) is 6.07 Å². The molecule has 3 nitrogen and oxygen atoms in total. The SMILES string of the molecule is N#Cc1cc(N)ccc1NC1C2C3CCC(C3)C12. The highest BCUT2D eigenvalue weighted by Gasteiger charge is 2.65. The van der Waals surface area contributed by atoms with Gasteiger partial charge in [0.25, 0.3) is 0 Å². The molecule has 0 heterocycles. The number of hydrogen-bond donors (Lipinski definition) is 2. The first kappa shape index (κ1) is 10.3. The van der Waals surface area contributed by atoms with E-state index in [4.69, 9.17) is 11.0 Å². The molecular formula is C15H17N3. The number of nitriles is 1. The molecule has 4 atom stereocenters. The summed E-state index contributed by atoms with van der Waals surface area (Å²) in [6.07, 6.45) is 4.31. The number of hydrogen-bond acceptors (Lipinski definition) is 3. The maximum absolute atomic E-state index is 9.15. The van der Waals surface area contributed by atoms with E-state index >= 15 is 0 Å². The highest BCUT2D eigenvalue weighted by molar-refractivity contribution is 5.64. The minimum absolute atomic E-state index is 0.618. The molecule has 3 aliphatic carbocycles. The van der Waals surface area contributed by atoms with Crippen LogP contribution in [0.5, 0.6) is 0 Å². The number of fused-ring (bicyclic) bond motifs is 5. The van der Waals surface area contributed by atoms with Gasteiger partial charge in [0, 0.05) is 11.7 Å². The summed E-state index contributed by atoms with van der Waals surface area (Å²) in [5.41, 5.74) is 8.01. The number of rotatable bonds is 2. The van der Waals surface area contributed by atoms with Crippen molar-refractivity contribution in [2.75, 3.05) is 11.1 Å². The Morgan fingerprint density at radius 3 is 2.61 bits per heavy atom. The summed E-state index contributed by atoms with van der Waals surface area (Å²) < 4.78 is 0. The van der Waals surface area contributed by atoms with E-state index in [2.05, 4.69) is 11.4 Å². The van der Waals surface area contributed by atoms with Crippen LogP contribution in [0, 0.1) is 35.0 Å². The Bertz CT molecular complexity index is 529. The van der Waals surface area contributed by atoms with Gasteiger partial charge in [-0.2, -0.15) is 5.26 Å². The van der Waals surface area contributed by atoms with Crippen molar-refractivity contribution in [3.63, 3.8) is 0 Å². The summed E-state index contributed by atoms with van der Waals surface area (Å²) in [5.74, 6) is 3.68. The van der Waals surface area contributed by atoms with Gasteiger partial charge in [0.15, 0.2) is 0 Å². The molecule has 2 bridgehead atoms. The van der Waals surface area contributed by atoms with Crippen LogP contribution in [-0.2, 0) is 0 Å². The summed E-state index contributed by atoms with van der Waals surface area (Å²) in [6, 6.07) is 8.43. The van der Waals surface area contributed by atoms with E-state index in [1.54, 1.807) is 6.07 Å². The second-order valence-electron chi connectivity index (χ2n) is 6.07. The molecule has 0 radical (unpaired) electrons. The van der Waals surface area contributed by atoms with Gasteiger partial charge in [-0.1, -0.05) is 0 Å². The fourth-order valence-corrected chi connectivity index (χ4v) is 4.48. The number of nitrogen functional groups attached to an aromatic ring is 1. The van der Waals surface area contributed by atoms with Gasteiger partial charge in [-0.15, -0.1) is 0 Å². The molecule has 4 rings (SSSR count). The summed E-state index contributed by atoms with van der Waals surface area (Å²) in [6.45, 7) is 0. The standard InChI is InChI=1S/C15H17N3/c16-7-10-6-11(17)3-4-12(10)18-15-13-8-1-2-9(5-8)14(13)15/h3-4,6,8-9,13-15,18H,1-2,5,17H2. The molecule has 4 unspecified atom stereocenters. The van der Waals surface area contributed by atoms with Crippen LogP contribution in [0.4, 0.5) is 11.4 Å². The van der Waals surface area contributed by atoms with Crippen LogP contribution in [0.25, 0.3) is 0 Å². The molecule has 0 aromatic heterocycles. The summed E-state index contributed by atoms with van der Waals surface area (Å²) in [5, 5.41) is 12.7. The molecule has 3 saturated carbocycles.